The molecule has 110 valence electrons. The lowest BCUT2D eigenvalue weighted by Crippen LogP contribution is -2.11. The summed E-state index contributed by atoms with van der Waals surface area (Å²) in [6, 6.07) is 8.90. The lowest BCUT2D eigenvalue weighted by molar-refractivity contribution is -0.115. The Bertz CT molecular complexity index is 645. The van der Waals surface area contributed by atoms with Gasteiger partial charge in [0.05, 0.1) is 8.66 Å². The third-order valence-electron chi connectivity index (χ3n) is 2.83. The molecule has 0 unspecified atom stereocenters. The minimum absolute atomic E-state index is 0.0364. The number of aryl methyl sites for hydroxylation is 1. The van der Waals surface area contributed by atoms with Crippen molar-refractivity contribution >= 4 is 50.5 Å². The van der Waals surface area contributed by atoms with E-state index in [-0.39, 0.29) is 11.8 Å². The molecule has 0 radical (unpaired) electrons. The zero-order chi connectivity index (χ0) is 15.4. The third-order valence-corrected chi connectivity index (χ3v) is 4.96. The summed E-state index contributed by atoms with van der Waals surface area (Å²) in [7, 11) is 0. The van der Waals surface area contributed by atoms with Crippen molar-refractivity contribution in [2.45, 2.75) is 20.3 Å². The zero-order valence-corrected chi connectivity index (χ0v) is 14.1. The van der Waals surface area contributed by atoms with E-state index in [1.54, 1.807) is 31.2 Å². The summed E-state index contributed by atoms with van der Waals surface area (Å²) in [5.41, 5.74) is 2.45. The molecule has 0 atom stereocenters. The van der Waals surface area contributed by atoms with Gasteiger partial charge in [0.1, 0.15) is 0 Å². The van der Waals surface area contributed by atoms with Gasteiger partial charge in [0, 0.05) is 17.8 Å². The van der Waals surface area contributed by atoms with E-state index in [2.05, 4.69) is 26.6 Å². The highest BCUT2D eigenvalue weighted by Crippen LogP contribution is 2.28. The Hall–Kier alpha value is -1.66. The van der Waals surface area contributed by atoms with Crippen LogP contribution in [0.15, 0.2) is 34.1 Å². The van der Waals surface area contributed by atoms with Gasteiger partial charge >= 0.3 is 0 Å². The van der Waals surface area contributed by atoms with Crippen molar-refractivity contribution in [3.8, 4) is 0 Å². The van der Waals surface area contributed by atoms with Gasteiger partial charge in [-0.3, -0.25) is 9.59 Å². The first-order chi connectivity index (χ1) is 9.99. The molecular weight excluding hydrogens is 352 g/mol. The summed E-state index contributed by atoms with van der Waals surface area (Å²) in [5.74, 6) is -0.176. The molecule has 2 aromatic rings. The first-order valence-corrected chi connectivity index (χ1v) is 8.07. The fourth-order valence-corrected chi connectivity index (χ4v) is 3.08. The van der Waals surface area contributed by atoms with Crippen molar-refractivity contribution in [1.82, 2.24) is 0 Å². The summed E-state index contributed by atoms with van der Waals surface area (Å²) in [6.45, 7) is 3.74. The Morgan fingerprint density at radius 1 is 1.14 bits per heavy atom. The van der Waals surface area contributed by atoms with Crippen molar-refractivity contribution in [2.24, 2.45) is 0 Å². The van der Waals surface area contributed by atoms with E-state index in [1.165, 1.54) is 11.3 Å². The number of rotatable bonds is 4. The predicted molar refractivity (Wildman–Crippen MR) is 90.1 cm³/mol. The van der Waals surface area contributed by atoms with Crippen LogP contribution in [0.3, 0.4) is 0 Å². The van der Waals surface area contributed by atoms with Gasteiger partial charge < -0.3 is 10.6 Å². The third kappa shape index (κ3) is 4.15. The molecule has 4 nitrogen and oxygen atoms in total. The first-order valence-electron chi connectivity index (χ1n) is 6.46. The second-order valence-electron chi connectivity index (χ2n) is 4.50. The molecule has 0 saturated carbocycles. The average Bonchev–Trinajstić information content (AvgIpc) is 2.81. The Kier molecular flexibility index (Phi) is 5.14. The molecule has 2 amide bonds. The van der Waals surface area contributed by atoms with Gasteiger partial charge in [-0.1, -0.05) is 6.92 Å². The molecule has 0 spiro atoms. The number of halogens is 1. The molecule has 1 aromatic carbocycles. The molecule has 0 bridgehead atoms. The minimum Gasteiger partial charge on any atom is -0.326 e. The van der Waals surface area contributed by atoms with E-state index in [0.717, 1.165) is 15.0 Å². The standard InChI is InChI=1S/C15H15BrN2O2S/c1-3-13(19)17-10-4-6-11(7-5-10)18-15(20)12-8-9(2)14(16)21-12/h4-8H,3H2,1-2H3,(H,17,19)(H,18,20). The average molecular weight is 367 g/mol. The van der Waals surface area contributed by atoms with Crippen molar-refractivity contribution in [2.75, 3.05) is 10.6 Å². The van der Waals surface area contributed by atoms with E-state index in [1.807, 2.05) is 13.0 Å². The predicted octanol–water partition coefficient (Wildman–Crippen LogP) is 4.42. The van der Waals surface area contributed by atoms with Crippen LogP contribution in [0.2, 0.25) is 0 Å². The SMILES string of the molecule is CCC(=O)Nc1ccc(NC(=O)c2cc(C)c(Br)s2)cc1. The van der Waals surface area contributed by atoms with Gasteiger partial charge in [-0.25, -0.2) is 0 Å². The number of hydrogen-bond acceptors (Lipinski definition) is 3. The molecule has 21 heavy (non-hydrogen) atoms. The number of carbonyl (C=O) groups excluding carboxylic acids is 2. The molecular formula is C15H15BrN2O2S. The maximum Gasteiger partial charge on any atom is 0.265 e. The highest BCUT2D eigenvalue weighted by molar-refractivity contribution is 9.11. The summed E-state index contributed by atoms with van der Waals surface area (Å²) < 4.78 is 0.963. The number of anilines is 2. The van der Waals surface area contributed by atoms with Gasteiger partial charge in [0.2, 0.25) is 5.91 Å². The summed E-state index contributed by atoms with van der Waals surface area (Å²) in [6.07, 6.45) is 0.436. The number of nitrogens with one attached hydrogen (secondary N) is 2. The molecule has 2 N–H and O–H groups in total. The van der Waals surface area contributed by atoms with Crippen LogP contribution in [0.4, 0.5) is 11.4 Å². The Morgan fingerprint density at radius 2 is 1.71 bits per heavy atom. The van der Waals surface area contributed by atoms with Crippen molar-refractivity contribution in [1.29, 1.82) is 0 Å². The molecule has 6 heteroatoms. The second-order valence-corrected chi connectivity index (χ2v) is 6.87. The second kappa shape index (κ2) is 6.87. The largest absolute Gasteiger partial charge is 0.326 e. The number of benzene rings is 1. The first kappa shape index (κ1) is 15.7. The molecule has 0 fully saturated rings. The summed E-state index contributed by atoms with van der Waals surface area (Å²) in [5, 5.41) is 5.59. The van der Waals surface area contributed by atoms with E-state index >= 15 is 0 Å². The fourth-order valence-electron chi connectivity index (χ4n) is 1.65. The van der Waals surface area contributed by atoms with Crippen LogP contribution in [-0.4, -0.2) is 11.8 Å². The fraction of sp³-hybridized carbons (Fsp3) is 0.200. The Balaban J connectivity index is 2.03. The normalized spacial score (nSPS) is 10.2. The lowest BCUT2D eigenvalue weighted by atomic mass is 10.2. The van der Waals surface area contributed by atoms with Gasteiger partial charge in [-0.2, -0.15) is 0 Å². The van der Waals surface area contributed by atoms with Crippen LogP contribution < -0.4 is 10.6 Å². The van der Waals surface area contributed by atoms with Crippen LogP contribution in [0.25, 0.3) is 0 Å². The number of carbonyl (C=O) groups is 2. The molecule has 0 aliphatic carbocycles. The molecule has 0 aliphatic heterocycles. The molecule has 0 saturated heterocycles. The highest BCUT2D eigenvalue weighted by Gasteiger charge is 2.11. The summed E-state index contributed by atoms with van der Waals surface area (Å²) >= 11 is 4.81. The maximum atomic E-state index is 12.1. The van der Waals surface area contributed by atoms with Gasteiger partial charge in [-0.15, -0.1) is 11.3 Å². The van der Waals surface area contributed by atoms with Gasteiger partial charge in [0.25, 0.3) is 5.91 Å². The van der Waals surface area contributed by atoms with E-state index in [0.29, 0.717) is 17.0 Å². The minimum atomic E-state index is -0.140. The quantitative estimate of drug-likeness (QED) is 0.841. The number of amides is 2. The topological polar surface area (TPSA) is 58.2 Å². The Labute approximate surface area is 135 Å². The zero-order valence-electron chi connectivity index (χ0n) is 11.7. The van der Waals surface area contributed by atoms with Crippen molar-refractivity contribution in [3.05, 3.63) is 44.6 Å². The van der Waals surface area contributed by atoms with Crippen LogP contribution in [0.5, 0.6) is 0 Å². The lowest BCUT2D eigenvalue weighted by Gasteiger charge is -2.06. The van der Waals surface area contributed by atoms with Crippen LogP contribution in [0.1, 0.15) is 28.6 Å². The van der Waals surface area contributed by atoms with E-state index in [9.17, 15) is 9.59 Å². The summed E-state index contributed by atoms with van der Waals surface area (Å²) in [4.78, 5) is 24.0. The molecule has 0 aliphatic rings. The number of hydrogen-bond donors (Lipinski definition) is 2. The van der Waals surface area contributed by atoms with Gasteiger partial charge in [0.15, 0.2) is 0 Å². The Morgan fingerprint density at radius 3 is 2.19 bits per heavy atom. The van der Waals surface area contributed by atoms with Crippen LogP contribution in [0, 0.1) is 6.92 Å². The smallest absolute Gasteiger partial charge is 0.265 e. The van der Waals surface area contributed by atoms with Crippen LogP contribution >= 0.6 is 27.3 Å². The monoisotopic (exact) mass is 366 g/mol. The molecule has 2 rings (SSSR count). The van der Waals surface area contributed by atoms with Crippen LogP contribution in [-0.2, 0) is 4.79 Å². The van der Waals surface area contributed by atoms with E-state index < -0.39 is 0 Å². The van der Waals surface area contributed by atoms with Crippen molar-refractivity contribution in [3.63, 3.8) is 0 Å². The molecule has 1 heterocycles. The van der Waals surface area contributed by atoms with E-state index in [4.69, 9.17) is 0 Å². The number of thiophene rings is 1. The maximum absolute atomic E-state index is 12.1. The molecule has 1 aromatic heterocycles. The van der Waals surface area contributed by atoms with Crippen molar-refractivity contribution < 1.29 is 9.59 Å². The van der Waals surface area contributed by atoms with Gasteiger partial charge in [-0.05, 0) is 58.7 Å². The highest BCUT2D eigenvalue weighted by atomic mass is 79.9.